The van der Waals surface area contributed by atoms with E-state index in [0.717, 1.165) is 25.8 Å². The average molecular weight is 218 g/mol. The molecule has 1 aromatic rings. The second-order valence-corrected chi connectivity index (χ2v) is 5.08. The molecule has 3 nitrogen and oxygen atoms in total. The molecule has 0 saturated carbocycles. The zero-order valence-electron chi connectivity index (χ0n) is 9.47. The summed E-state index contributed by atoms with van der Waals surface area (Å²) in [4.78, 5) is 6.46. The van der Waals surface area contributed by atoms with Gasteiger partial charge >= 0.3 is 0 Å². The Morgan fingerprint density at radius 2 is 2.19 bits per heavy atom. The fraction of sp³-hybridized carbons (Fsp3) is 0.615. The molecule has 2 aliphatic rings. The maximum Gasteiger partial charge on any atom is 0.0854 e. The van der Waals surface area contributed by atoms with Gasteiger partial charge in [-0.25, -0.2) is 0 Å². The van der Waals surface area contributed by atoms with E-state index >= 15 is 0 Å². The van der Waals surface area contributed by atoms with Crippen LogP contribution in [0.2, 0.25) is 0 Å². The van der Waals surface area contributed by atoms with Gasteiger partial charge in [0.05, 0.1) is 5.60 Å². The molecule has 0 aliphatic carbocycles. The molecule has 1 N–H and O–H groups in total. The van der Waals surface area contributed by atoms with Crippen LogP contribution < -0.4 is 0 Å². The number of aliphatic hydroxyl groups is 1. The van der Waals surface area contributed by atoms with Crippen LogP contribution >= 0.6 is 0 Å². The highest BCUT2D eigenvalue weighted by atomic mass is 16.3. The van der Waals surface area contributed by atoms with E-state index in [9.17, 15) is 5.11 Å². The number of nitrogens with zero attached hydrogens (tertiary/aromatic N) is 2. The van der Waals surface area contributed by atoms with E-state index in [4.69, 9.17) is 0 Å². The van der Waals surface area contributed by atoms with Gasteiger partial charge in [-0.3, -0.25) is 9.88 Å². The number of hydrogen-bond donors (Lipinski definition) is 1. The number of fused-ring (bicyclic) bond motifs is 1. The zero-order chi connectivity index (χ0) is 11.0. The lowest BCUT2D eigenvalue weighted by Gasteiger charge is -2.30. The second kappa shape index (κ2) is 3.82. The van der Waals surface area contributed by atoms with Crippen molar-refractivity contribution in [3.8, 4) is 0 Å². The summed E-state index contributed by atoms with van der Waals surface area (Å²) in [5, 5.41) is 10.8. The van der Waals surface area contributed by atoms with E-state index in [-0.39, 0.29) is 0 Å². The summed E-state index contributed by atoms with van der Waals surface area (Å²) in [7, 11) is 0. The van der Waals surface area contributed by atoms with E-state index < -0.39 is 5.60 Å². The third-order valence-corrected chi connectivity index (χ3v) is 4.08. The Balaban J connectivity index is 1.79. The maximum atomic E-state index is 10.8. The Labute approximate surface area is 96.1 Å². The van der Waals surface area contributed by atoms with E-state index in [1.54, 1.807) is 12.4 Å². The quantitative estimate of drug-likeness (QED) is 0.811. The summed E-state index contributed by atoms with van der Waals surface area (Å²) in [5.41, 5.74) is 0.698. The number of hydrogen-bond acceptors (Lipinski definition) is 3. The minimum atomic E-state index is -0.502. The van der Waals surface area contributed by atoms with Crippen LogP contribution in [0.15, 0.2) is 24.5 Å². The Morgan fingerprint density at radius 3 is 3.00 bits per heavy atom. The van der Waals surface area contributed by atoms with E-state index in [1.165, 1.54) is 18.5 Å². The smallest absolute Gasteiger partial charge is 0.0854 e. The zero-order valence-corrected chi connectivity index (χ0v) is 9.47. The predicted molar refractivity (Wildman–Crippen MR) is 62.1 cm³/mol. The summed E-state index contributed by atoms with van der Waals surface area (Å²) >= 11 is 0. The standard InChI is InChI=1S/C13H18N2O/c16-13(10-11-3-6-14-7-4-11)5-9-15-8-1-2-12(13)15/h3-4,6-7,12,16H,1-2,5,8-10H2. The summed E-state index contributed by atoms with van der Waals surface area (Å²) in [6.45, 7) is 2.23. The topological polar surface area (TPSA) is 36.4 Å². The highest BCUT2D eigenvalue weighted by molar-refractivity contribution is 5.16. The molecule has 16 heavy (non-hydrogen) atoms. The Bertz CT molecular complexity index is 367. The average Bonchev–Trinajstić information content (AvgIpc) is 2.86. The van der Waals surface area contributed by atoms with Crippen molar-refractivity contribution < 1.29 is 5.11 Å². The number of aromatic nitrogens is 1. The first kappa shape index (κ1) is 10.2. The van der Waals surface area contributed by atoms with Crippen molar-refractivity contribution in [1.29, 1.82) is 0 Å². The fourth-order valence-corrected chi connectivity index (χ4v) is 3.27. The summed E-state index contributed by atoms with van der Waals surface area (Å²) < 4.78 is 0. The molecule has 2 fully saturated rings. The lowest BCUT2D eigenvalue weighted by atomic mass is 9.86. The van der Waals surface area contributed by atoms with Crippen LogP contribution in [-0.2, 0) is 6.42 Å². The third-order valence-electron chi connectivity index (χ3n) is 4.08. The van der Waals surface area contributed by atoms with Crippen LogP contribution in [0.4, 0.5) is 0 Å². The molecule has 0 amide bonds. The Hall–Kier alpha value is -0.930. The summed E-state index contributed by atoms with van der Waals surface area (Å²) in [5.74, 6) is 0. The molecule has 86 valence electrons. The van der Waals surface area contributed by atoms with Gasteiger partial charge in [-0.05, 0) is 43.5 Å². The minimum absolute atomic E-state index is 0.390. The fourth-order valence-electron chi connectivity index (χ4n) is 3.27. The molecular formula is C13H18N2O. The molecule has 3 rings (SSSR count). The Kier molecular flexibility index (Phi) is 2.45. The van der Waals surface area contributed by atoms with Crippen LogP contribution in [0.3, 0.4) is 0 Å². The summed E-state index contributed by atoms with van der Waals surface area (Å²) in [6.07, 6.45) is 7.70. The predicted octanol–water partition coefficient (Wildman–Crippen LogP) is 1.22. The minimum Gasteiger partial charge on any atom is -0.388 e. The van der Waals surface area contributed by atoms with Gasteiger partial charge in [-0.1, -0.05) is 0 Å². The van der Waals surface area contributed by atoms with Crippen LogP contribution in [0, 0.1) is 0 Å². The van der Waals surface area contributed by atoms with Gasteiger partial charge < -0.3 is 5.11 Å². The normalized spacial score (nSPS) is 34.2. The molecule has 3 heteroatoms. The molecule has 1 aromatic heterocycles. The molecule has 0 aromatic carbocycles. The van der Waals surface area contributed by atoms with Crippen molar-refractivity contribution in [2.45, 2.75) is 37.3 Å². The van der Waals surface area contributed by atoms with Gasteiger partial charge in [0, 0.05) is 31.4 Å². The summed E-state index contributed by atoms with van der Waals surface area (Å²) in [6, 6.07) is 4.41. The van der Waals surface area contributed by atoms with Crippen molar-refractivity contribution in [3.05, 3.63) is 30.1 Å². The van der Waals surface area contributed by atoms with Crippen LogP contribution in [-0.4, -0.2) is 39.7 Å². The monoisotopic (exact) mass is 218 g/mol. The molecular weight excluding hydrogens is 200 g/mol. The van der Waals surface area contributed by atoms with Gasteiger partial charge in [0.15, 0.2) is 0 Å². The SMILES string of the molecule is OC1(Cc2ccncc2)CCN2CCCC21. The van der Waals surface area contributed by atoms with Crippen molar-refractivity contribution in [3.63, 3.8) is 0 Å². The van der Waals surface area contributed by atoms with Crippen molar-refractivity contribution in [1.82, 2.24) is 9.88 Å². The number of rotatable bonds is 2. The molecule has 2 unspecified atom stereocenters. The van der Waals surface area contributed by atoms with Gasteiger partial charge in [0.1, 0.15) is 0 Å². The molecule has 0 radical (unpaired) electrons. The van der Waals surface area contributed by atoms with E-state index in [2.05, 4.69) is 9.88 Å². The van der Waals surface area contributed by atoms with Crippen LogP contribution in [0.5, 0.6) is 0 Å². The highest BCUT2D eigenvalue weighted by Gasteiger charge is 2.47. The molecule has 3 heterocycles. The molecule has 0 bridgehead atoms. The lowest BCUT2D eigenvalue weighted by Crippen LogP contribution is -2.42. The molecule has 0 spiro atoms. The lowest BCUT2D eigenvalue weighted by molar-refractivity contribution is 0.0141. The first-order valence-electron chi connectivity index (χ1n) is 6.13. The maximum absolute atomic E-state index is 10.8. The first-order valence-corrected chi connectivity index (χ1v) is 6.13. The van der Waals surface area contributed by atoms with Crippen molar-refractivity contribution in [2.75, 3.05) is 13.1 Å². The second-order valence-electron chi connectivity index (χ2n) is 5.08. The van der Waals surface area contributed by atoms with Crippen molar-refractivity contribution >= 4 is 0 Å². The van der Waals surface area contributed by atoms with Crippen LogP contribution in [0.25, 0.3) is 0 Å². The van der Waals surface area contributed by atoms with Gasteiger partial charge in [0.25, 0.3) is 0 Å². The Morgan fingerprint density at radius 1 is 1.38 bits per heavy atom. The van der Waals surface area contributed by atoms with Crippen LogP contribution in [0.1, 0.15) is 24.8 Å². The first-order chi connectivity index (χ1) is 7.78. The highest BCUT2D eigenvalue weighted by Crippen LogP contribution is 2.37. The van der Waals surface area contributed by atoms with Gasteiger partial charge in [0.2, 0.25) is 0 Å². The van der Waals surface area contributed by atoms with Crippen molar-refractivity contribution in [2.24, 2.45) is 0 Å². The molecule has 2 atom stereocenters. The third kappa shape index (κ3) is 1.64. The van der Waals surface area contributed by atoms with Gasteiger partial charge in [-0.2, -0.15) is 0 Å². The molecule has 2 aliphatic heterocycles. The van der Waals surface area contributed by atoms with Gasteiger partial charge in [-0.15, -0.1) is 0 Å². The largest absolute Gasteiger partial charge is 0.388 e. The van der Waals surface area contributed by atoms with E-state index in [0.29, 0.717) is 6.04 Å². The van der Waals surface area contributed by atoms with E-state index in [1.807, 2.05) is 12.1 Å². The molecule has 2 saturated heterocycles. The number of pyridine rings is 1.